The number of hydrogen-bond donors (Lipinski definition) is 0. The van der Waals surface area contributed by atoms with Crippen molar-refractivity contribution in [1.82, 2.24) is 0 Å². The third kappa shape index (κ3) is 5.87. The molecule has 71 heavy (non-hydrogen) atoms. The molecular weight excluding hydrogens is 855 g/mol. The van der Waals surface area contributed by atoms with Gasteiger partial charge < -0.3 is 4.90 Å². The molecule has 1 nitrogen and oxygen atoms in total. The minimum Gasteiger partial charge on any atom is -0.310 e. The normalized spacial score (nSPS) is 18.0. The van der Waals surface area contributed by atoms with E-state index >= 15 is 0 Å². The molecule has 0 heterocycles. The predicted octanol–water partition coefficient (Wildman–Crippen LogP) is 19.2. The molecule has 1 heteroatoms. The molecule has 0 fully saturated rings. The molecule has 0 amide bonds. The lowest BCUT2D eigenvalue weighted by Crippen LogP contribution is -2.18. The SMILES string of the molecule is C=C1/C=C\C=C/CC2=C(/C=C\1)c1ccc3cc(N(c4ccc5c6c(ccc5c4)-c4ccc5ccccc5c4C6(C)C)c4ccc5c6c(ccc5c4)-c4ccc5ccccc5c4C6(C)C)ccc3c1C2(C)C. The number of rotatable bonds is 3. The van der Waals surface area contributed by atoms with Crippen LogP contribution in [-0.4, -0.2) is 0 Å². The van der Waals surface area contributed by atoms with Crippen LogP contribution in [-0.2, 0) is 16.2 Å². The Bertz CT molecular complexity index is 3990. The highest BCUT2D eigenvalue weighted by molar-refractivity contribution is 6.07. The van der Waals surface area contributed by atoms with Crippen molar-refractivity contribution in [1.29, 1.82) is 0 Å². The van der Waals surface area contributed by atoms with Gasteiger partial charge in [-0.15, -0.1) is 0 Å². The lowest BCUT2D eigenvalue weighted by molar-refractivity contribution is 0.631. The molecule has 10 aromatic carbocycles. The van der Waals surface area contributed by atoms with E-state index in [1.165, 1.54) is 121 Å². The molecule has 0 radical (unpaired) electrons. The van der Waals surface area contributed by atoms with Crippen LogP contribution in [0.15, 0.2) is 218 Å². The first kappa shape index (κ1) is 41.9. The van der Waals surface area contributed by atoms with Crippen LogP contribution in [0.2, 0.25) is 0 Å². The topological polar surface area (TPSA) is 3.24 Å². The van der Waals surface area contributed by atoms with Gasteiger partial charge in [0, 0.05) is 33.3 Å². The average molecular weight is 910 g/mol. The first-order valence-corrected chi connectivity index (χ1v) is 25.4. The fraction of sp³-hybridized carbons (Fsp3) is 0.143. The minimum absolute atomic E-state index is 0.152. The Kier molecular flexibility index (Phi) is 8.72. The third-order valence-electron chi connectivity index (χ3n) is 17.1. The molecule has 0 N–H and O–H groups in total. The van der Waals surface area contributed by atoms with Crippen LogP contribution in [0.25, 0.3) is 81.7 Å². The Labute approximate surface area is 417 Å². The maximum absolute atomic E-state index is 4.30. The zero-order valence-electron chi connectivity index (χ0n) is 41.4. The van der Waals surface area contributed by atoms with Gasteiger partial charge in [-0.3, -0.25) is 0 Å². The summed E-state index contributed by atoms with van der Waals surface area (Å²) in [6.45, 7) is 18.8. The van der Waals surface area contributed by atoms with Gasteiger partial charge in [0.05, 0.1) is 0 Å². The fourth-order valence-corrected chi connectivity index (χ4v) is 14.0. The Morgan fingerprint density at radius 3 is 1.23 bits per heavy atom. The summed E-state index contributed by atoms with van der Waals surface area (Å²) < 4.78 is 0. The summed E-state index contributed by atoms with van der Waals surface area (Å²) in [5.41, 5.74) is 20.5. The largest absolute Gasteiger partial charge is 0.310 e. The quantitative estimate of drug-likeness (QED) is 0.171. The van der Waals surface area contributed by atoms with E-state index in [9.17, 15) is 0 Å². The van der Waals surface area contributed by atoms with Crippen molar-refractivity contribution in [2.75, 3.05) is 4.90 Å². The van der Waals surface area contributed by atoms with Crippen molar-refractivity contribution >= 4 is 76.5 Å². The Hall–Kier alpha value is -8.00. The van der Waals surface area contributed by atoms with Gasteiger partial charge in [-0.1, -0.05) is 212 Å². The van der Waals surface area contributed by atoms with Crippen LogP contribution < -0.4 is 4.90 Å². The van der Waals surface area contributed by atoms with E-state index in [0.29, 0.717) is 0 Å². The summed E-state index contributed by atoms with van der Waals surface area (Å²) in [5, 5.41) is 13.0. The molecule has 0 saturated heterocycles. The number of nitrogens with zero attached hydrogens (tertiary/aromatic N) is 1. The average Bonchev–Trinajstić information content (AvgIpc) is 3.87. The van der Waals surface area contributed by atoms with E-state index < -0.39 is 0 Å². The maximum atomic E-state index is 4.30. The molecule has 0 aromatic heterocycles. The monoisotopic (exact) mass is 909 g/mol. The van der Waals surface area contributed by atoms with Crippen LogP contribution in [0.4, 0.5) is 17.1 Å². The summed E-state index contributed by atoms with van der Waals surface area (Å²) in [6, 6.07) is 62.8. The molecule has 14 rings (SSSR count). The third-order valence-corrected chi connectivity index (χ3v) is 17.1. The van der Waals surface area contributed by atoms with E-state index in [1.54, 1.807) is 0 Å². The Balaban J connectivity index is 0.942. The molecule has 0 atom stereocenters. The summed E-state index contributed by atoms with van der Waals surface area (Å²) in [5.74, 6) is 0. The van der Waals surface area contributed by atoms with E-state index in [4.69, 9.17) is 0 Å². The number of hydrogen-bond acceptors (Lipinski definition) is 1. The van der Waals surface area contributed by atoms with Crippen LogP contribution >= 0.6 is 0 Å². The van der Waals surface area contributed by atoms with Gasteiger partial charge in [0.15, 0.2) is 0 Å². The number of fused-ring (bicyclic) bond motifs is 18. The highest BCUT2D eigenvalue weighted by atomic mass is 15.1. The molecule has 10 aromatic rings. The molecule has 0 spiro atoms. The van der Waals surface area contributed by atoms with Gasteiger partial charge >= 0.3 is 0 Å². The first-order valence-electron chi connectivity index (χ1n) is 25.4. The zero-order chi connectivity index (χ0) is 48.1. The second kappa shape index (κ2) is 14.8. The first-order chi connectivity index (χ1) is 34.4. The zero-order valence-corrected chi connectivity index (χ0v) is 41.4. The Morgan fingerprint density at radius 1 is 0.366 bits per heavy atom. The van der Waals surface area contributed by atoms with Gasteiger partial charge in [-0.05, 0) is 169 Å². The fourth-order valence-electron chi connectivity index (χ4n) is 14.0. The van der Waals surface area contributed by atoms with Crippen LogP contribution in [0, 0.1) is 0 Å². The summed E-state index contributed by atoms with van der Waals surface area (Å²) in [7, 11) is 0. The highest BCUT2D eigenvalue weighted by Gasteiger charge is 2.41. The predicted molar refractivity (Wildman–Crippen MR) is 305 cm³/mol. The molecule has 0 aliphatic heterocycles. The van der Waals surface area contributed by atoms with Crippen molar-refractivity contribution in [3.05, 3.63) is 251 Å². The van der Waals surface area contributed by atoms with Crippen LogP contribution in [0.3, 0.4) is 0 Å². The summed E-state index contributed by atoms with van der Waals surface area (Å²) in [6.07, 6.45) is 14.0. The number of benzene rings is 10. The van der Waals surface area contributed by atoms with Gasteiger partial charge in [-0.2, -0.15) is 0 Å². The van der Waals surface area contributed by atoms with E-state index in [-0.39, 0.29) is 16.2 Å². The molecule has 0 unspecified atom stereocenters. The minimum atomic E-state index is -0.168. The van der Waals surface area contributed by atoms with Crippen molar-refractivity contribution in [3.8, 4) is 22.3 Å². The van der Waals surface area contributed by atoms with Crippen molar-refractivity contribution in [2.45, 2.75) is 64.2 Å². The number of anilines is 3. The van der Waals surface area contributed by atoms with Crippen molar-refractivity contribution < 1.29 is 0 Å². The highest BCUT2D eigenvalue weighted by Crippen LogP contribution is 2.57. The maximum Gasteiger partial charge on any atom is 0.0468 e. The van der Waals surface area contributed by atoms with Gasteiger partial charge in [0.25, 0.3) is 0 Å². The van der Waals surface area contributed by atoms with Gasteiger partial charge in [0.1, 0.15) is 0 Å². The molecule has 4 aliphatic rings. The second-order valence-electron chi connectivity index (χ2n) is 22.1. The number of allylic oxidation sites excluding steroid dienone is 9. The molecular formula is C70H55N. The van der Waals surface area contributed by atoms with Crippen molar-refractivity contribution in [2.24, 2.45) is 0 Å². The lowest BCUT2D eigenvalue weighted by Gasteiger charge is -2.29. The molecule has 0 saturated carbocycles. The van der Waals surface area contributed by atoms with Crippen molar-refractivity contribution in [3.63, 3.8) is 0 Å². The van der Waals surface area contributed by atoms with Gasteiger partial charge in [0.2, 0.25) is 0 Å². The van der Waals surface area contributed by atoms with E-state index in [0.717, 1.165) is 29.1 Å². The molecule has 340 valence electrons. The standard InChI is InChI=1S/C70H55N/c1-42-15-9-8-10-20-62-56(30-21-42)57-33-24-45-39-48(27-36-53(45)63(57)68(62,2)3)71(49-28-37-54-46(40-49)25-34-60-58-31-22-43-16-11-13-18-51(43)64(58)69(4,5)66(54)60)50-29-38-55-47(41-50)26-35-61-59-32-23-44-17-12-14-19-52(44)65(59)70(6,7)67(55)61/h8-19,21-41H,1,20H2,2-7H3/b10-8-,15-9-,30-21-. The second-order valence-corrected chi connectivity index (χ2v) is 22.1. The summed E-state index contributed by atoms with van der Waals surface area (Å²) >= 11 is 0. The Morgan fingerprint density at radius 2 is 0.761 bits per heavy atom. The molecule has 0 bridgehead atoms. The van der Waals surface area contributed by atoms with E-state index in [1.807, 2.05) is 0 Å². The lowest BCUT2D eigenvalue weighted by atomic mass is 9.77. The van der Waals surface area contributed by atoms with Gasteiger partial charge in [-0.25, -0.2) is 0 Å². The van der Waals surface area contributed by atoms with E-state index in [2.05, 4.69) is 253 Å². The van der Waals surface area contributed by atoms with Crippen LogP contribution in [0.5, 0.6) is 0 Å². The van der Waals surface area contributed by atoms with Crippen LogP contribution in [0.1, 0.15) is 81.3 Å². The summed E-state index contributed by atoms with van der Waals surface area (Å²) in [4.78, 5) is 2.49. The smallest absolute Gasteiger partial charge is 0.0468 e. The molecule has 4 aliphatic carbocycles.